The number of rotatable bonds is 5. The molecule has 27 heavy (non-hydrogen) atoms. The zero-order chi connectivity index (χ0) is 19.4. The molecular formula is C17H18BrN3O5S. The van der Waals surface area contributed by atoms with Crippen molar-refractivity contribution in [1.29, 1.82) is 0 Å². The minimum absolute atomic E-state index is 0.0447. The molecule has 2 aromatic carbocycles. The fourth-order valence-electron chi connectivity index (χ4n) is 2.73. The van der Waals surface area contributed by atoms with E-state index in [2.05, 4.69) is 21.2 Å². The van der Waals surface area contributed by atoms with Crippen LogP contribution in [0.4, 0.5) is 0 Å². The average molecular weight is 456 g/mol. The van der Waals surface area contributed by atoms with Crippen LogP contribution in [0.5, 0.6) is 11.5 Å². The Balaban J connectivity index is 1.80. The summed E-state index contributed by atoms with van der Waals surface area (Å²) in [4.78, 5) is 11.9. The lowest BCUT2D eigenvalue weighted by atomic mass is 10.2. The lowest BCUT2D eigenvalue weighted by Gasteiger charge is -2.33. The number of carbonyl (C=O) groups excluding carboxylic acids is 1. The number of nitrogens with one attached hydrogen (secondary N) is 2. The first kappa shape index (κ1) is 19.8. The molecule has 1 atom stereocenters. The van der Waals surface area contributed by atoms with Gasteiger partial charge in [0.15, 0.2) is 0 Å². The van der Waals surface area contributed by atoms with Crippen LogP contribution >= 0.6 is 15.9 Å². The first-order valence-electron chi connectivity index (χ1n) is 8.12. The van der Waals surface area contributed by atoms with Crippen LogP contribution in [-0.2, 0) is 14.8 Å². The Morgan fingerprint density at radius 2 is 1.74 bits per heavy atom. The second-order valence-corrected chi connectivity index (χ2v) is 8.65. The number of hydroxylamine groups is 1. The van der Waals surface area contributed by atoms with Gasteiger partial charge >= 0.3 is 0 Å². The monoisotopic (exact) mass is 455 g/mol. The van der Waals surface area contributed by atoms with Gasteiger partial charge < -0.3 is 10.1 Å². The van der Waals surface area contributed by atoms with E-state index in [4.69, 9.17) is 9.94 Å². The Bertz CT molecular complexity index is 903. The van der Waals surface area contributed by atoms with Gasteiger partial charge in [-0.1, -0.05) is 15.9 Å². The van der Waals surface area contributed by atoms with E-state index in [1.165, 1.54) is 17.6 Å². The number of amides is 1. The van der Waals surface area contributed by atoms with Gasteiger partial charge in [0.2, 0.25) is 10.0 Å². The minimum Gasteiger partial charge on any atom is -0.457 e. The van der Waals surface area contributed by atoms with Crippen molar-refractivity contribution in [2.45, 2.75) is 10.9 Å². The molecule has 0 saturated carbocycles. The van der Waals surface area contributed by atoms with Gasteiger partial charge in [0, 0.05) is 24.1 Å². The molecule has 1 saturated heterocycles. The Morgan fingerprint density at radius 1 is 1.15 bits per heavy atom. The summed E-state index contributed by atoms with van der Waals surface area (Å²) >= 11 is 3.34. The van der Waals surface area contributed by atoms with Crippen molar-refractivity contribution in [3.05, 3.63) is 53.0 Å². The molecule has 0 aliphatic carbocycles. The summed E-state index contributed by atoms with van der Waals surface area (Å²) in [5.41, 5.74) is 1.52. The van der Waals surface area contributed by atoms with Gasteiger partial charge in [0.1, 0.15) is 17.5 Å². The van der Waals surface area contributed by atoms with E-state index >= 15 is 0 Å². The number of halogens is 1. The van der Waals surface area contributed by atoms with Crippen molar-refractivity contribution in [3.8, 4) is 11.5 Å². The third-order valence-electron chi connectivity index (χ3n) is 4.09. The molecule has 2 aromatic rings. The first-order valence-corrected chi connectivity index (χ1v) is 10.3. The van der Waals surface area contributed by atoms with Crippen LogP contribution in [0.3, 0.4) is 0 Å². The lowest BCUT2D eigenvalue weighted by molar-refractivity contribution is -0.133. The van der Waals surface area contributed by atoms with Crippen LogP contribution in [0.25, 0.3) is 0 Å². The zero-order valence-electron chi connectivity index (χ0n) is 14.1. The topological polar surface area (TPSA) is 108 Å². The predicted molar refractivity (Wildman–Crippen MR) is 101 cm³/mol. The summed E-state index contributed by atoms with van der Waals surface area (Å²) in [5, 5.41) is 11.8. The van der Waals surface area contributed by atoms with E-state index in [1.54, 1.807) is 24.3 Å². The second-order valence-electron chi connectivity index (χ2n) is 5.84. The lowest BCUT2D eigenvalue weighted by Crippen LogP contribution is -2.59. The van der Waals surface area contributed by atoms with E-state index in [0.29, 0.717) is 18.0 Å². The molecule has 10 heteroatoms. The fraction of sp³-hybridized carbons (Fsp3) is 0.235. The standard InChI is InChI=1S/C17H18BrN3O5S/c18-12-1-3-13(4-2-12)26-14-5-7-15(8-6-14)27(24,25)21-10-9-19-11-16(21)17(22)20-23/h1-8,16,19,23H,9-11H2,(H,20,22). The van der Waals surface area contributed by atoms with Gasteiger partial charge in [-0.3, -0.25) is 10.0 Å². The van der Waals surface area contributed by atoms with E-state index in [-0.39, 0.29) is 18.0 Å². The van der Waals surface area contributed by atoms with E-state index in [0.717, 1.165) is 8.78 Å². The van der Waals surface area contributed by atoms with Gasteiger partial charge in [0.05, 0.1) is 4.90 Å². The van der Waals surface area contributed by atoms with Crippen molar-refractivity contribution < 1.29 is 23.2 Å². The van der Waals surface area contributed by atoms with E-state index in [1.807, 2.05) is 12.1 Å². The highest BCUT2D eigenvalue weighted by atomic mass is 79.9. The highest BCUT2D eigenvalue weighted by Gasteiger charge is 2.37. The summed E-state index contributed by atoms with van der Waals surface area (Å²) in [5.74, 6) is 0.331. The predicted octanol–water partition coefficient (Wildman–Crippen LogP) is 1.71. The zero-order valence-corrected chi connectivity index (χ0v) is 16.5. The molecule has 3 rings (SSSR count). The number of ether oxygens (including phenoxy) is 1. The van der Waals surface area contributed by atoms with Gasteiger partial charge in [0.25, 0.3) is 5.91 Å². The van der Waals surface area contributed by atoms with Crippen LogP contribution in [0, 0.1) is 0 Å². The van der Waals surface area contributed by atoms with Crippen LogP contribution in [0.15, 0.2) is 57.9 Å². The molecule has 1 amide bonds. The highest BCUT2D eigenvalue weighted by Crippen LogP contribution is 2.26. The van der Waals surface area contributed by atoms with Crippen LogP contribution in [-0.4, -0.2) is 49.5 Å². The van der Waals surface area contributed by atoms with Crippen molar-refractivity contribution in [3.63, 3.8) is 0 Å². The molecule has 1 heterocycles. The van der Waals surface area contributed by atoms with E-state index < -0.39 is 22.0 Å². The maximum absolute atomic E-state index is 12.9. The summed E-state index contributed by atoms with van der Waals surface area (Å²) in [7, 11) is -3.90. The van der Waals surface area contributed by atoms with Crippen molar-refractivity contribution in [1.82, 2.24) is 15.1 Å². The Hall–Kier alpha value is -1.98. The molecule has 1 unspecified atom stereocenters. The average Bonchev–Trinajstić information content (AvgIpc) is 2.69. The highest BCUT2D eigenvalue weighted by molar-refractivity contribution is 9.10. The van der Waals surface area contributed by atoms with Gasteiger partial charge in [-0.15, -0.1) is 0 Å². The Labute approximate surface area is 165 Å². The van der Waals surface area contributed by atoms with Crippen molar-refractivity contribution >= 4 is 31.9 Å². The van der Waals surface area contributed by atoms with Gasteiger partial charge in [-0.25, -0.2) is 13.9 Å². The number of benzene rings is 2. The smallest absolute Gasteiger partial charge is 0.263 e. The number of nitrogens with zero attached hydrogens (tertiary/aromatic N) is 1. The summed E-state index contributed by atoms with van der Waals surface area (Å²) in [6, 6.07) is 12.2. The van der Waals surface area contributed by atoms with E-state index in [9.17, 15) is 13.2 Å². The third kappa shape index (κ3) is 4.47. The molecule has 3 N–H and O–H groups in total. The number of carbonyl (C=O) groups is 1. The molecule has 0 bridgehead atoms. The van der Waals surface area contributed by atoms with Crippen molar-refractivity contribution in [2.24, 2.45) is 0 Å². The number of piperazine rings is 1. The summed E-state index contributed by atoms with van der Waals surface area (Å²) < 4.78 is 33.5. The van der Waals surface area contributed by atoms with Crippen molar-refractivity contribution in [2.75, 3.05) is 19.6 Å². The maximum Gasteiger partial charge on any atom is 0.263 e. The maximum atomic E-state index is 12.9. The molecule has 1 aliphatic heterocycles. The molecule has 0 aromatic heterocycles. The number of hydrogen-bond donors (Lipinski definition) is 3. The quantitative estimate of drug-likeness (QED) is 0.467. The van der Waals surface area contributed by atoms with Crippen LogP contribution < -0.4 is 15.5 Å². The molecule has 1 fully saturated rings. The summed E-state index contributed by atoms with van der Waals surface area (Å²) in [6.45, 7) is 0.660. The molecular weight excluding hydrogens is 438 g/mol. The largest absolute Gasteiger partial charge is 0.457 e. The number of hydrogen-bond acceptors (Lipinski definition) is 6. The van der Waals surface area contributed by atoms with Crippen LogP contribution in [0.1, 0.15) is 0 Å². The SMILES string of the molecule is O=C(NO)C1CNCCN1S(=O)(=O)c1ccc(Oc2ccc(Br)cc2)cc1. The normalized spacial score (nSPS) is 18.1. The molecule has 1 aliphatic rings. The molecule has 144 valence electrons. The fourth-order valence-corrected chi connectivity index (χ4v) is 4.58. The molecule has 0 radical (unpaired) electrons. The number of sulfonamides is 1. The summed E-state index contributed by atoms with van der Waals surface area (Å²) in [6.07, 6.45) is 0. The Morgan fingerprint density at radius 3 is 2.33 bits per heavy atom. The second kappa shape index (κ2) is 8.36. The first-order chi connectivity index (χ1) is 12.9. The van der Waals surface area contributed by atoms with Gasteiger partial charge in [-0.2, -0.15) is 4.31 Å². The molecule has 8 nitrogen and oxygen atoms in total. The minimum atomic E-state index is -3.90. The van der Waals surface area contributed by atoms with Crippen LogP contribution in [0.2, 0.25) is 0 Å². The Kier molecular flexibility index (Phi) is 6.12. The third-order valence-corrected chi connectivity index (χ3v) is 6.54. The van der Waals surface area contributed by atoms with Gasteiger partial charge in [-0.05, 0) is 48.5 Å². The molecule has 0 spiro atoms.